The first kappa shape index (κ1) is 30.0. The predicted octanol–water partition coefficient (Wildman–Crippen LogP) is 6.68. The van der Waals surface area contributed by atoms with Crippen LogP contribution in [0.2, 0.25) is 0 Å². The summed E-state index contributed by atoms with van der Waals surface area (Å²) in [6, 6.07) is 41.5. The zero-order chi connectivity index (χ0) is 31.8. The Hall–Kier alpha value is -6.00. The molecule has 9 nitrogen and oxygen atoms in total. The third-order valence-electron chi connectivity index (χ3n) is 6.96. The largest absolute Gasteiger partial charge is 0.489 e. The summed E-state index contributed by atoms with van der Waals surface area (Å²) >= 11 is 0. The third kappa shape index (κ3) is 7.37. The molecule has 0 aliphatic heterocycles. The van der Waals surface area contributed by atoms with Crippen molar-refractivity contribution in [3.63, 3.8) is 0 Å². The molecule has 0 radical (unpaired) electrons. The van der Waals surface area contributed by atoms with E-state index >= 15 is 0 Å². The number of para-hydroxylation sites is 1. The highest BCUT2D eigenvalue weighted by Crippen LogP contribution is 2.25. The fraction of sp³-hybridized carbons (Fsp3) is 0.0278. The number of carbonyl (C=O) groups excluding carboxylic acids is 1. The molecule has 1 aromatic heterocycles. The second kappa shape index (κ2) is 13.7. The number of carbonyl (C=O) groups is 1. The fourth-order valence-electron chi connectivity index (χ4n) is 4.60. The number of ether oxygens (including phenoxy) is 1. The fourth-order valence-corrected chi connectivity index (χ4v) is 5.68. The Bertz CT molecular complexity index is 2050. The second-order valence-electron chi connectivity index (χ2n) is 10.2. The minimum absolute atomic E-state index is 0.147. The number of hydrogen-bond donors (Lipinski definition) is 2. The van der Waals surface area contributed by atoms with Gasteiger partial charge in [-0.05, 0) is 78.4 Å². The molecule has 1 heterocycles. The Balaban J connectivity index is 1.16. The monoisotopic (exact) mass is 627 g/mol. The van der Waals surface area contributed by atoms with Crippen molar-refractivity contribution in [2.24, 2.45) is 5.10 Å². The lowest BCUT2D eigenvalue weighted by molar-refractivity contribution is 0.0955. The van der Waals surface area contributed by atoms with E-state index in [1.165, 1.54) is 36.4 Å². The number of nitrogens with zero attached hydrogens (tertiary/aromatic N) is 3. The maximum Gasteiger partial charge on any atom is 0.271 e. The topological polar surface area (TPSA) is 115 Å². The van der Waals surface area contributed by atoms with E-state index in [-0.39, 0.29) is 4.90 Å². The Morgan fingerprint density at radius 3 is 2.09 bits per heavy atom. The molecule has 0 unspecified atom stereocenters. The quantitative estimate of drug-likeness (QED) is 0.123. The van der Waals surface area contributed by atoms with Crippen LogP contribution in [0.3, 0.4) is 0 Å². The Morgan fingerprint density at radius 2 is 1.41 bits per heavy atom. The van der Waals surface area contributed by atoms with Gasteiger partial charge in [-0.25, -0.2) is 18.5 Å². The number of aromatic nitrogens is 2. The van der Waals surface area contributed by atoms with Crippen LogP contribution in [0.4, 0.5) is 5.69 Å². The maximum absolute atomic E-state index is 12.8. The summed E-state index contributed by atoms with van der Waals surface area (Å²) in [5.74, 6) is 0.280. The van der Waals surface area contributed by atoms with Gasteiger partial charge in [0.05, 0.1) is 16.8 Å². The van der Waals surface area contributed by atoms with Gasteiger partial charge < -0.3 is 4.74 Å². The summed E-state index contributed by atoms with van der Waals surface area (Å²) in [4.78, 5) is 13.0. The van der Waals surface area contributed by atoms with Gasteiger partial charge in [-0.3, -0.25) is 9.52 Å². The molecule has 228 valence electrons. The van der Waals surface area contributed by atoms with Crippen molar-refractivity contribution < 1.29 is 17.9 Å². The molecule has 0 atom stereocenters. The predicted molar refractivity (Wildman–Crippen MR) is 179 cm³/mol. The summed E-state index contributed by atoms with van der Waals surface area (Å²) < 4.78 is 35.4. The van der Waals surface area contributed by atoms with Crippen molar-refractivity contribution in [1.29, 1.82) is 0 Å². The number of benzene rings is 5. The molecule has 6 aromatic rings. The van der Waals surface area contributed by atoms with Gasteiger partial charge in [0.1, 0.15) is 18.1 Å². The van der Waals surface area contributed by atoms with Crippen LogP contribution in [0.25, 0.3) is 16.9 Å². The lowest BCUT2D eigenvalue weighted by atomic mass is 10.1. The number of rotatable bonds is 11. The average Bonchev–Trinajstić information content (AvgIpc) is 3.53. The highest BCUT2D eigenvalue weighted by molar-refractivity contribution is 7.92. The van der Waals surface area contributed by atoms with Crippen molar-refractivity contribution in [2.75, 3.05) is 4.72 Å². The Morgan fingerprint density at radius 1 is 0.783 bits per heavy atom. The minimum atomic E-state index is -3.74. The molecule has 0 spiro atoms. The van der Waals surface area contributed by atoms with Gasteiger partial charge in [0.2, 0.25) is 0 Å². The van der Waals surface area contributed by atoms with E-state index in [9.17, 15) is 13.2 Å². The smallest absolute Gasteiger partial charge is 0.271 e. The highest BCUT2D eigenvalue weighted by atomic mass is 32.2. The average molecular weight is 628 g/mol. The zero-order valence-electron chi connectivity index (χ0n) is 24.5. The highest BCUT2D eigenvalue weighted by Gasteiger charge is 2.15. The molecule has 46 heavy (non-hydrogen) atoms. The van der Waals surface area contributed by atoms with Gasteiger partial charge in [-0.2, -0.15) is 10.2 Å². The van der Waals surface area contributed by atoms with Gasteiger partial charge in [-0.1, -0.05) is 66.7 Å². The molecule has 0 bridgehead atoms. The van der Waals surface area contributed by atoms with Gasteiger partial charge >= 0.3 is 0 Å². The standard InChI is InChI=1S/C36H29N5O4S/c42-36(29-16-20-31(21-17-29)40-46(43,44)34-14-8-3-9-15-34)38-37-24-30-25-41(32-12-6-2-7-13-32)39-35(30)28-18-22-33(23-19-28)45-26-27-10-4-1-5-11-27/h1-25,40H,26H2,(H,38,42)/b37-24+. The summed E-state index contributed by atoms with van der Waals surface area (Å²) in [5, 5.41) is 9.01. The second-order valence-corrected chi connectivity index (χ2v) is 11.9. The number of hydrazone groups is 1. The lowest BCUT2D eigenvalue weighted by Crippen LogP contribution is -2.18. The summed E-state index contributed by atoms with van der Waals surface area (Å²) in [6.07, 6.45) is 3.38. The normalized spacial score (nSPS) is 11.3. The van der Waals surface area contributed by atoms with Crippen LogP contribution in [-0.4, -0.2) is 30.3 Å². The van der Waals surface area contributed by atoms with E-state index < -0.39 is 15.9 Å². The van der Waals surface area contributed by atoms with E-state index in [1.54, 1.807) is 29.1 Å². The number of hydrogen-bond acceptors (Lipinski definition) is 6. The minimum Gasteiger partial charge on any atom is -0.489 e. The van der Waals surface area contributed by atoms with Crippen molar-refractivity contribution in [3.8, 4) is 22.7 Å². The number of anilines is 1. The van der Waals surface area contributed by atoms with E-state index in [1.807, 2.05) is 91.1 Å². The van der Waals surface area contributed by atoms with Gasteiger partial charge in [0.15, 0.2) is 0 Å². The lowest BCUT2D eigenvalue weighted by Gasteiger charge is -2.08. The molecular weight excluding hydrogens is 598 g/mol. The van der Waals surface area contributed by atoms with Crippen LogP contribution < -0.4 is 14.9 Å². The molecule has 10 heteroatoms. The van der Waals surface area contributed by atoms with Gasteiger partial charge in [-0.15, -0.1) is 0 Å². The number of amides is 1. The van der Waals surface area contributed by atoms with Crippen molar-refractivity contribution >= 4 is 27.8 Å². The van der Waals surface area contributed by atoms with Crippen LogP contribution in [0.5, 0.6) is 5.75 Å². The number of sulfonamides is 1. The summed E-state index contributed by atoms with van der Waals surface area (Å²) in [5.41, 5.74) is 7.35. The molecule has 5 aromatic carbocycles. The first-order valence-corrected chi connectivity index (χ1v) is 15.9. The van der Waals surface area contributed by atoms with Crippen LogP contribution in [0.15, 0.2) is 156 Å². The molecular formula is C36H29N5O4S. The van der Waals surface area contributed by atoms with Crippen LogP contribution in [-0.2, 0) is 16.6 Å². The molecule has 0 aliphatic carbocycles. The molecule has 0 saturated carbocycles. The summed E-state index contributed by atoms with van der Waals surface area (Å²) in [7, 11) is -3.74. The zero-order valence-corrected chi connectivity index (χ0v) is 25.3. The third-order valence-corrected chi connectivity index (χ3v) is 8.36. The summed E-state index contributed by atoms with van der Waals surface area (Å²) in [6.45, 7) is 0.465. The van der Waals surface area contributed by atoms with Gasteiger partial charge in [0, 0.05) is 28.6 Å². The van der Waals surface area contributed by atoms with Crippen molar-refractivity contribution in [2.45, 2.75) is 11.5 Å². The molecule has 0 saturated heterocycles. The van der Waals surface area contributed by atoms with Crippen molar-refractivity contribution in [1.82, 2.24) is 15.2 Å². The molecule has 0 fully saturated rings. The van der Waals surface area contributed by atoms with E-state index in [0.717, 1.165) is 22.6 Å². The molecule has 1 amide bonds. The van der Waals surface area contributed by atoms with Crippen LogP contribution >= 0.6 is 0 Å². The van der Waals surface area contributed by atoms with Crippen LogP contribution in [0.1, 0.15) is 21.5 Å². The molecule has 6 rings (SSSR count). The van der Waals surface area contributed by atoms with Gasteiger partial charge in [0.25, 0.3) is 15.9 Å². The first-order chi connectivity index (χ1) is 22.4. The SMILES string of the molecule is O=C(N/N=C/c1cn(-c2ccccc2)nc1-c1ccc(OCc2ccccc2)cc1)c1ccc(NS(=O)(=O)c2ccccc2)cc1. The first-order valence-electron chi connectivity index (χ1n) is 14.4. The van der Waals surface area contributed by atoms with Crippen molar-refractivity contribution in [3.05, 3.63) is 162 Å². The molecule has 2 N–H and O–H groups in total. The molecule has 0 aliphatic rings. The Labute approximate surface area is 266 Å². The van der Waals surface area contributed by atoms with E-state index in [0.29, 0.717) is 29.1 Å². The maximum atomic E-state index is 12.8. The van der Waals surface area contributed by atoms with E-state index in [4.69, 9.17) is 9.84 Å². The van der Waals surface area contributed by atoms with E-state index in [2.05, 4.69) is 15.2 Å². The van der Waals surface area contributed by atoms with Crippen LogP contribution in [0, 0.1) is 0 Å². The Kier molecular flexibility index (Phi) is 8.98. The number of nitrogens with one attached hydrogen (secondary N) is 2.